The van der Waals surface area contributed by atoms with E-state index in [1.165, 1.54) is 34.9 Å². The van der Waals surface area contributed by atoms with Crippen LogP contribution in [0, 0.1) is 0 Å². The minimum Gasteiger partial charge on any atom is -0.314 e. The van der Waals surface area contributed by atoms with E-state index < -0.39 is 0 Å². The smallest absolute Gasteiger partial charge is 0.0110 e. The topological polar surface area (TPSA) is 12.0 Å². The lowest BCUT2D eigenvalue weighted by Gasteiger charge is -2.12. The molecule has 0 amide bonds. The predicted molar refractivity (Wildman–Crippen MR) is 84.9 cm³/mol. The van der Waals surface area contributed by atoms with Crippen molar-refractivity contribution in [1.82, 2.24) is 5.32 Å². The number of benzene rings is 2. The van der Waals surface area contributed by atoms with Crippen molar-refractivity contribution in [2.45, 2.75) is 42.4 Å². The first-order chi connectivity index (χ1) is 9.35. The number of hydrogen-bond acceptors (Lipinski definition) is 2. The van der Waals surface area contributed by atoms with Crippen LogP contribution >= 0.6 is 11.8 Å². The lowest BCUT2D eigenvalue weighted by molar-refractivity contribution is 0.543. The Kier molecular flexibility index (Phi) is 4.09. The molecule has 0 spiro atoms. The summed E-state index contributed by atoms with van der Waals surface area (Å²) in [6.45, 7) is 3.29. The molecule has 0 radical (unpaired) electrons. The van der Waals surface area contributed by atoms with Crippen molar-refractivity contribution in [3.05, 3.63) is 42.5 Å². The van der Waals surface area contributed by atoms with Gasteiger partial charge in [-0.1, -0.05) is 37.3 Å². The fourth-order valence-corrected chi connectivity index (χ4v) is 4.26. The predicted octanol–water partition coefficient (Wildman–Crippen LogP) is 4.46. The normalized spacial score (nSPS) is 23.0. The molecule has 1 saturated carbocycles. The molecule has 19 heavy (non-hydrogen) atoms. The van der Waals surface area contributed by atoms with Gasteiger partial charge in [0, 0.05) is 16.2 Å². The van der Waals surface area contributed by atoms with Gasteiger partial charge in [-0.05, 0) is 48.7 Å². The highest BCUT2D eigenvalue weighted by molar-refractivity contribution is 8.00. The van der Waals surface area contributed by atoms with E-state index >= 15 is 0 Å². The number of rotatable bonds is 4. The molecule has 1 fully saturated rings. The second-order valence-electron chi connectivity index (χ2n) is 5.32. The Morgan fingerprint density at radius 3 is 2.79 bits per heavy atom. The largest absolute Gasteiger partial charge is 0.314 e. The standard InChI is InChI=1S/C17H21NS/c1-2-18-15-8-10-17(12-15)19-16-9-7-13-5-3-4-6-14(13)11-16/h3-7,9,11,15,17-18H,2,8,10,12H2,1H3. The van der Waals surface area contributed by atoms with E-state index in [0.29, 0.717) is 0 Å². The van der Waals surface area contributed by atoms with Gasteiger partial charge in [0.15, 0.2) is 0 Å². The molecule has 2 aromatic carbocycles. The van der Waals surface area contributed by atoms with Crippen LogP contribution in [0.15, 0.2) is 47.4 Å². The molecular formula is C17H21NS. The Morgan fingerprint density at radius 1 is 1.11 bits per heavy atom. The molecule has 2 atom stereocenters. The Morgan fingerprint density at radius 2 is 1.95 bits per heavy atom. The van der Waals surface area contributed by atoms with Crippen molar-refractivity contribution in [2.24, 2.45) is 0 Å². The van der Waals surface area contributed by atoms with Gasteiger partial charge in [0.05, 0.1) is 0 Å². The Balaban J connectivity index is 1.68. The summed E-state index contributed by atoms with van der Waals surface area (Å²) >= 11 is 2.06. The molecule has 1 aliphatic carbocycles. The van der Waals surface area contributed by atoms with Crippen molar-refractivity contribution in [3.63, 3.8) is 0 Å². The van der Waals surface area contributed by atoms with E-state index in [9.17, 15) is 0 Å². The molecule has 0 heterocycles. The van der Waals surface area contributed by atoms with Crippen LogP contribution in [0.1, 0.15) is 26.2 Å². The fraction of sp³-hybridized carbons (Fsp3) is 0.412. The van der Waals surface area contributed by atoms with Crippen LogP contribution in [0.2, 0.25) is 0 Å². The molecule has 3 rings (SSSR count). The second kappa shape index (κ2) is 5.98. The summed E-state index contributed by atoms with van der Waals surface area (Å²) in [5.74, 6) is 0. The van der Waals surface area contributed by atoms with Crippen LogP contribution in [0.4, 0.5) is 0 Å². The maximum Gasteiger partial charge on any atom is 0.0110 e. The minimum absolute atomic E-state index is 0.739. The molecule has 2 aromatic rings. The average molecular weight is 271 g/mol. The Hall–Kier alpha value is -0.990. The van der Waals surface area contributed by atoms with Crippen molar-refractivity contribution in [2.75, 3.05) is 6.54 Å². The van der Waals surface area contributed by atoms with Gasteiger partial charge in [-0.25, -0.2) is 0 Å². The first-order valence-electron chi connectivity index (χ1n) is 7.24. The summed E-state index contributed by atoms with van der Waals surface area (Å²) in [6.07, 6.45) is 3.99. The molecule has 0 bridgehead atoms. The highest BCUT2D eigenvalue weighted by Crippen LogP contribution is 2.35. The lowest BCUT2D eigenvalue weighted by atomic mass is 10.1. The molecule has 1 N–H and O–H groups in total. The van der Waals surface area contributed by atoms with Crippen LogP contribution in [-0.2, 0) is 0 Å². The number of nitrogens with one attached hydrogen (secondary N) is 1. The molecule has 1 aliphatic rings. The van der Waals surface area contributed by atoms with Gasteiger partial charge in [-0.15, -0.1) is 11.8 Å². The molecule has 0 aliphatic heterocycles. The second-order valence-corrected chi connectivity index (χ2v) is 6.69. The van der Waals surface area contributed by atoms with E-state index in [2.05, 4.69) is 66.5 Å². The van der Waals surface area contributed by atoms with Crippen LogP contribution in [-0.4, -0.2) is 17.8 Å². The van der Waals surface area contributed by atoms with Gasteiger partial charge in [0.2, 0.25) is 0 Å². The van der Waals surface area contributed by atoms with Gasteiger partial charge >= 0.3 is 0 Å². The first kappa shape index (κ1) is 13.0. The summed E-state index contributed by atoms with van der Waals surface area (Å²) in [4.78, 5) is 1.42. The van der Waals surface area contributed by atoms with Gasteiger partial charge < -0.3 is 5.32 Å². The van der Waals surface area contributed by atoms with Crippen molar-refractivity contribution >= 4 is 22.5 Å². The van der Waals surface area contributed by atoms with Gasteiger partial charge in [0.1, 0.15) is 0 Å². The molecular weight excluding hydrogens is 250 g/mol. The van der Waals surface area contributed by atoms with Crippen molar-refractivity contribution in [3.8, 4) is 0 Å². The van der Waals surface area contributed by atoms with Crippen LogP contribution in [0.3, 0.4) is 0 Å². The lowest BCUT2D eigenvalue weighted by Crippen LogP contribution is -2.26. The number of hydrogen-bond donors (Lipinski definition) is 1. The van der Waals surface area contributed by atoms with E-state index in [1.807, 2.05) is 0 Å². The van der Waals surface area contributed by atoms with Gasteiger partial charge in [-0.2, -0.15) is 0 Å². The third-order valence-corrected chi connectivity index (χ3v) is 5.19. The average Bonchev–Trinajstić information content (AvgIpc) is 2.86. The van der Waals surface area contributed by atoms with Crippen molar-refractivity contribution < 1.29 is 0 Å². The Labute approximate surface area is 119 Å². The van der Waals surface area contributed by atoms with E-state index in [0.717, 1.165) is 17.8 Å². The van der Waals surface area contributed by atoms with Crippen LogP contribution < -0.4 is 5.32 Å². The van der Waals surface area contributed by atoms with Crippen LogP contribution in [0.5, 0.6) is 0 Å². The quantitative estimate of drug-likeness (QED) is 0.881. The first-order valence-corrected chi connectivity index (χ1v) is 8.12. The monoisotopic (exact) mass is 271 g/mol. The molecule has 0 aromatic heterocycles. The number of fused-ring (bicyclic) bond motifs is 1. The molecule has 100 valence electrons. The zero-order chi connectivity index (χ0) is 13.1. The third-order valence-electron chi connectivity index (χ3n) is 3.90. The van der Waals surface area contributed by atoms with Gasteiger partial charge in [0.25, 0.3) is 0 Å². The zero-order valence-corrected chi connectivity index (χ0v) is 12.2. The molecule has 2 unspecified atom stereocenters. The summed E-state index contributed by atoms with van der Waals surface area (Å²) in [7, 11) is 0. The van der Waals surface area contributed by atoms with Crippen LogP contribution in [0.25, 0.3) is 10.8 Å². The third kappa shape index (κ3) is 3.13. The van der Waals surface area contributed by atoms with Crippen molar-refractivity contribution in [1.29, 1.82) is 0 Å². The molecule has 2 heteroatoms. The summed E-state index contributed by atoms with van der Waals surface area (Å²) in [5, 5.41) is 7.05. The maximum atomic E-state index is 3.58. The fourth-order valence-electron chi connectivity index (χ4n) is 2.95. The maximum absolute atomic E-state index is 3.58. The summed E-state index contributed by atoms with van der Waals surface area (Å²) in [5.41, 5.74) is 0. The molecule has 0 saturated heterocycles. The Bertz CT molecular complexity index is 552. The zero-order valence-electron chi connectivity index (χ0n) is 11.4. The molecule has 1 nitrogen and oxygen atoms in total. The summed E-state index contributed by atoms with van der Waals surface area (Å²) < 4.78 is 0. The van der Waals surface area contributed by atoms with E-state index in [1.54, 1.807) is 0 Å². The minimum atomic E-state index is 0.739. The SMILES string of the molecule is CCNC1CCC(Sc2ccc3ccccc3c2)C1. The van der Waals surface area contributed by atoms with Gasteiger partial charge in [-0.3, -0.25) is 0 Å². The number of thioether (sulfide) groups is 1. The summed E-state index contributed by atoms with van der Waals surface area (Å²) in [6, 6.07) is 16.2. The van der Waals surface area contributed by atoms with E-state index in [-0.39, 0.29) is 0 Å². The van der Waals surface area contributed by atoms with E-state index in [4.69, 9.17) is 0 Å². The highest BCUT2D eigenvalue weighted by Gasteiger charge is 2.24. The highest BCUT2D eigenvalue weighted by atomic mass is 32.2.